The van der Waals surface area contributed by atoms with Crippen molar-refractivity contribution in [1.29, 1.82) is 0 Å². The second-order valence-electron chi connectivity index (χ2n) is 4.66. The smallest absolute Gasteiger partial charge is 0.329 e. The Morgan fingerprint density at radius 1 is 1.26 bits per heavy atom. The number of rotatable bonds is 6. The maximum absolute atomic E-state index is 11.8. The van der Waals surface area contributed by atoms with Gasteiger partial charge in [0.1, 0.15) is 5.82 Å². The van der Waals surface area contributed by atoms with E-state index in [1.165, 1.54) is 6.92 Å². The Balaban J connectivity index is 2.45. The van der Waals surface area contributed by atoms with Crippen LogP contribution in [-0.2, 0) is 14.4 Å². The van der Waals surface area contributed by atoms with Gasteiger partial charge in [0.2, 0.25) is 5.91 Å². The van der Waals surface area contributed by atoms with Crippen LogP contribution in [0.25, 0.3) is 0 Å². The highest BCUT2D eigenvalue weighted by Crippen LogP contribution is 2.04. The first-order chi connectivity index (χ1) is 10.9. The van der Waals surface area contributed by atoms with Crippen molar-refractivity contribution in [2.45, 2.75) is 20.3 Å². The van der Waals surface area contributed by atoms with Crippen LogP contribution in [0.3, 0.4) is 0 Å². The number of nitrogens with zero attached hydrogens (tertiary/aromatic N) is 2. The number of aliphatic hydroxyl groups is 1. The minimum absolute atomic E-state index is 0.0269. The number of hydrogen-bond donors (Lipinski definition) is 4. The Labute approximate surface area is 133 Å². The lowest BCUT2D eigenvalue weighted by Crippen LogP contribution is -2.39. The maximum atomic E-state index is 11.8. The lowest BCUT2D eigenvalue weighted by Gasteiger charge is -2.05. The predicted molar refractivity (Wildman–Crippen MR) is 83.6 cm³/mol. The number of aliphatic hydroxyl groups excluding tert-OH is 1. The van der Waals surface area contributed by atoms with Gasteiger partial charge in [-0.2, -0.15) is 5.10 Å². The second-order valence-corrected chi connectivity index (χ2v) is 4.66. The van der Waals surface area contributed by atoms with Gasteiger partial charge in [0.15, 0.2) is 0 Å². The molecule has 4 N–H and O–H groups in total. The lowest BCUT2D eigenvalue weighted by atomic mass is 10.3. The van der Waals surface area contributed by atoms with Crippen molar-refractivity contribution in [3.8, 4) is 0 Å². The van der Waals surface area contributed by atoms with Gasteiger partial charge in [-0.05, 0) is 26.0 Å². The van der Waals surface area contributed by atoms with E-state index in [-0.39, 0.29) is 25.5 Å². The highest BCUT2D eigenvalue weighted by Gasteiger charge is 2.12. The summed E-state index contributed by atoms with van der Waals surface area (Å²) in [5.74, 6) is -1.80. The topological polar surface area (TPSA) is 133 Å². The summed E-state index contributed by atoms with van der Waals surface area (Å²) >= 11 is 0. The average molecular weight is 321 g/mol. The SMILES string of the molecule is CC(CC(=O)Nc1cccc(C)n1)=NNC(=O)C(=O)NCCO. The van der Waals surface area contributed by atoms with Gasteiger partial charge in [-0.1, -0.05) is 6.07 Å². The minimum atomic E-state index is -0.974. The summed E-state index contributed by atoms with van der Waals surface area (Å²) in [5.41, 5.74) is 3.12. The zero-order valence-electron chi connectivity index (χ0n) is 12.9. The van der Waals surface area contributed by atoms with Crippen molar-refractivity contribution in [2.75, 3.05) is 18.5 Å². The summed E-state index contributed by atoms with van der Waals surface area (Å²) in [4.78, 5) is 38.5. The Bertz CT molecular complexity index is 615. The van der Waals surface area contributed by atoms with E-state index >= 15 is 0 Å². The first kappa shape index (κ1) is 18.2. The Kier molecular flexibility index (Phi) is 7.34. The number of hydrazone groups is 1. The maximum Gasteiger partial charge on any atom is 0.329 e. The molecule has 1 aromatic heterocycles. The Hall–Kier alpha value is -2.81. The van der Waals surface area contributed by atoms with Gasteiger partial charge in [0, 0.05) is 18.0 Å². The molecule has 124 valence electrons. The number of hydrogen-bond acceptors (Lipinski definition) is 6. The van der Waals surface area contributed by atoms with Crippen LogP contribution < -0.4 is 16.1 Å². The molecule has 0 bridgehead atoms. The molecule has 9 heteroatoms. The zero-order valence-corrected chi connectivity index (χ0v) is 12.9. The van der Waals surface area contributed by atoms with Gasteiger partial charge in [-0.3, -0.25) is 14.4 Å². The van der Waals surface area contributed by atoms with Crippen molar-refractivity contribution in [1.82, 2.24) is 15.7 Å². The number of carbonyl (C=O) groups is 3. The monoisotopic (exact) mass is 321 g/mol. The van der Waals surface area contributed by atoms with Gasteiger partial charge < -0.3 is 15.7 Å². The van der Waals surface area contributed by atoms with Crippen LogP contribution in [0.5, 0.6) is 0 Å². The number of aryl methyl sites for hydroxylation is 1. The highest BCUT2D eigenvalue weighted by atomic mass is 16.3. The number of aromatic nitrogens is 1. The van der Waals surface area contributed by atoms with Gasteiger partial charge in [0.05, 0.1) is 13.0 Å². The van der Waals surface area contributed by atoms with E-state index in [4.69, 9.17) is 5.11 Å². The quantitative estimate of drug-likeness (QED) is 0.313. The molecular weight excluding hydrogens is 302 g/mol. The van der Waals surface area contributed by atoms with Gasteiger partial charge >= 0.3 is 11.8 Å². The lowest BCUT2D eigenvalue weighted by molar-refractivity contribution is -0.139. The number of nitrogens with one attached hydrogen (secondary N) is 3. The molecule has 1 aromatic rings. The molecule has 1 heterocycles. The first-order valence-electron chi connectivity index (χ1n) is 6.88. The minimum Gasteiger partial charge on any atom is -0.395 e. The van der Waals surface area contributed by atoms with Crippen LogP contribution >= 0.6 is 0 Å². The van der Waals surface area contributed by atoms with Crippen LogP contribution in [0, 0.1) is 6.92 Å². The third kappa shape index (κ3) is 7.14. The molecule has 0 saturated heterocycles. The average Bonchev–Trinajstić information content (AvgIpc) is 2.50. The van der Waals surface area contributed by atoms with Crippen LogP contribution in [-0.4, -0.2) is 46.7 Å². The zero-order chi connectivity index (χ0) is 17.2. The first-order valence-corrected chi connectivity index (χ1v) is 6.88. The third-order valence-electron chi connectivity index (χ3n) is 2.52. The molecule has 0 aromatic carbocycles. The molecule has 9 nitrogen and oxygen atoms in total. The molecule has 0 aliphatic carbocycles. The van der Waals surface area contributed by atoms with Crippen molar-refractivity contribution in [3.63, 3.8) is 0 Å². The van der Waals surface area contributed by atoms with E-state index in [1.54, 1.807) is 25.1 Å². The molecule has 0 radical (unpaired) electrons. The van der Waals surface area contributed by atoms with Crippen LogP contribution in [0.4, 0.5) is 5.82 Å². The Morgan fingerprint density at radius 2 is 2.00 bits per heavy atom. The normalized spacial score (nSPS) is 10.8. The largest absolute Gasteiger partial charge is 0.395 e. The number of amides is 3. The fourth-order valence-corrected chi connectivity index (χ4v) is 1.52. The molecule has 23 heavy (non-hydrogen) atoms. The number of pyridine rings is 1. The molecule has 0 unspecified atom stereocenters. The molecule has 0 aliphatic heterocycles. The van der Waals surface area contributed by atoms with Crippen molar-refractivity contribution < 1.29 is 19.5 Å². The van der Waals surface area contributed by atoms with E-state index in [9.17, 15) is 14.4 Å². The van der Waals surface area contributed by atoms with E-state index < -0.39 is 11.8 Å². The molecule has 3 amide bonds. The fourth-order valence-electron chi connectivity index (χ4n) is 1.52. The summed E-state index contributed by atoms with van der Waals surface area (Å²) < 4.78 is 0. The van der Waals surface area contributed by atoms with E-state index in [0.717, 1.165) is 5.69 Å². The molecule has 0 spiro atoms. The summed E-state index contributed by atoms with van der Waals surface area (Å²) in [5, 5.41) is 17.0. The fraction of sp³-hybridized carbons (Fsp3) is 0.357. The van der Waals surface area contributed by atoms with Crippen LogP contribution in [0.1, 0.15) is 19.0 Å². The molecule has 0 aliphatic rings. The van der Waals surface area contributed by atoms with Crippen LogP contribution in [0.2, 0.25) is 0 Å². The number of carbonyl (C=O) groups excluding carboxylic acids is 3. The van der Waals surface area contributed by atoms with Crippen LogP contribution in [0.15, 0.2) is 23.3 Å². The summed E-state index contributed by atoms with van der Waals surface area (Å²) in [6, 6.07) is 5.23. The summed E-state index contributed by atoms with van der Waals surface area (Å²) in [6.07, 6.45) is -0.0613. The summed E-state index contributed by atoms with van der Waals surface area (Å²) in [6.45, 7) is 3.05. The van der Waals surface area contributed by atoms with Crippen molar-refractivity contribution in [3.05, 3.63) is 23.9 Å². The summed E-state index contributed by atoms with van der Waals surface area (Å²) in [7, 11) is 0. The van der Waals surface area contributed by atoms with Crippen molar-refractivity contribution in [2.24, 2.45) is 5.10 Å². The Morgan fingerprint density at radius 3 is 2.65 bits per heavy atom. The van der Waals surface area contributed by atoms with Gasteiger partial charge in [-0.15, -0.1) is 0 Å². The van der Waals surface area contributed by atoms with E-state index in [0.29, 0.717) is 11.5 Å². The van der Waals surface area contributed by atoms with Gasteiger partial charge in [-0.25, -0.2) is 10.4 Å². The second kappa shape index (κ2) is 9.26. The number of anilines is 1. The van der Waals surface area contributed by atoms with Gasteiger partial charge in [0.25, 0.3) is 0 Å². The highest BCUT2D eigenvalue weighted by molar-refractivity contribution is 6.35. The molecule has 0 saturated carbocycles. The molecule has 0 atom stereocenters. The molecule has 1 rings (SSSR count). The van der Waals surface area contributed by atoms with E-state index in [2.05, 4.69) is 20.7 Å². The van der Waals surface area contributed by atoms with Crippen molar-refractivity contribution >= 4 is 29.3 Å². The molecule has 0 fully saturated rings. The standard InChI is InChI=1S/C14H19N5O4/c1-9-4-3-5-11(16-9)17-12(21)8-10(2)18-19-14(23)13(22)15-6-7-20/h3-5,20H,6-8H2,1-2H3,(H,15,22)(H,19,23)(H,16,17,21). The molecular formula is C14H19N5O4. The third-order valence-corrected chi connectivity index (χ3v) is 2.52. The predicted octanol–water partition coefficient (Wildman–Crippen LogP) is -0.681. The van der Waals surface area contributed by atoms with E-state index in [1.807, 2.05) is 5.43 Å².